The average molecular weight is 327 g/mol. The van der Waals surface area contributed by atoms with Crippen LogP contribution < -0.4 is 15.4 Å². The molecule has 2 amide bonds. The standard InChI is InChI=1S/C15H19ClN2O4/c1-11(18-15(20)9-21-2)7-8-17-14(19)10-22-13-5-3-12(16)4-6-13/h3-6H,1,7-10H2,2H3,(H,17,19)(H,18,20). The summed E-state index contributed by atoms with van der Waals surface area (Å²) >= 11 is 5.75. The Balaban J connectivity index is 2.16. The number of hydrogen-bond donors (Lipinski definition) is 2. The number of amides is 2. The molecule has 0 unspecified atom stereocenters. The Kier molecular flexibility index (Phi) is 8.03. The summed E-state index contributed by atoms with van der Waals surface area (Å²) in [5.74, 6) is 0.0339. The molecule has 0 aliphatic heterocycles. The van der Waals surface area contributed by atoms with Gasteiger partial charge in [-0.1, -0.05) is 18.2 Å². The second-order valence-electron chi connectivity index (χ2n) is 4.43. The first kappa shape index (κ1) is 18.0. The number of ether oxygens (including phenoxy) is 2. The predicted octanol–water partition coefficient (Wildman–Crippen LogP) is 1.50. The molecule has 1 rings (SSSR count). The van der Waals surface area contributed by atoms with Gasteiger partial charge in [0, 0.05) is 30.8 Å². The monoisotopic (exact) mass is 326 g/mol. The second-order valence-corrected chi connectivity index (χ2v) is 4.86. The molecule has 0 radical (unpaired) electrons. The highest BCUT2D eigenvalue weighted by Crippen LogP contribution is 2.15. The number of hydrogen-bond acceptors (Lipinski definition) is 4. The number of carbonyl (C=O) groups is 2. The minimum atomic E-state index is -0.273. The van der Waals surface area contributed by atoms with Crippen LogP contribution in [-0.4, -0.2) is 38.7 Å². The molecule has 1 aromatic carbocycles. The van der Waals surface area contributed by atoms with Crippen LogP contribution in [0.5, 0.6) is 5.75 Å². The molecular formula is C15H19ClN2O4. The number of benzene rings is 1. The molecule has 0 heterocycles. The zero-order chi connectivity index (χ0) is 16.4. The maximum atomic E-state index is 11.6. The first-order valence-electron chi connectivity index (χ1n) is 6.63. The SMILES string of the molecule is C=C(CCNC(=O)COc1ccc(Cl)cc1)NC(=O)COC. The van der Waals surface area contributed by atoms with Gasteiger partial charge in [0.15, 0.2) is 6.61 Å². The number of rotatable bonds is 9. The highest BCUT2D eigenvalue weighted by molar-refractivity contribution is 6.30. The Morgan fingerprint density at radius 3 is 2.50 bits per heavy atom. The Hall–Kier alpha value is -2.05. The van der Waals surface area contributed by atoms with Crippen molar-refractivity contribution in [3.8, 4) is 5.75 Å². The number of halogens is 1. The molecule has 6 nitrogen and oxygen atoms in total. The molecule has 0 spiro atoms. The van der Waals surface area contributed by atoms with Gasteiger partial charge in [-0.15, -0.1) is 0 Å². The van der Waals surface area contributed by atoms with Gasteiger partial charge in [-0.25, -0.2) is 0 Å². The molecule has 0 fully saturated rings. The topological polar surface area (TPSA) is 76.7 Å². The molecule has 0 saturated heterocycles. The molecular weight excluding hydrogens is 308 g/mol. The molecule has 120 valence electrons. The molecule has 0 aromatic heterocycles. The zero-order valence-corrected chi connectivity index (χ0v) is 13.1. The van der Waals surface area contributed by atoms with Crippen LogP contribution in [0.3, 0.4) is 0 Å². The second kappa shape index (κ2) is 9.81. The van der Waals surface area contributed by atoms with E-state index >= 15 is 0 Å². The third-order valence-corrected chi connectivity index (χ3v) is 2.78. The summed E-state index contributed by atoms with van der Waals surface area (Å²) in [4.78, 5) is 22.8. The van der Waals surface area contributed by atoms with Crippen LogP contribution in [0.15, 0.2) is 36.5 Å². The van der Waals surface area contributed by atoms with Crippen molar-refractivity contribution in [3.05, 3.63) is 41.6 Å². The van der Waals surface area contributed by atoms with Crippen molar-refractivity contribution in [2.24, 2.45) is 0 Å². The van der Waals surface area contributed by atoms with Crippen LogP contribution in [0.25, 0.3) is 0 Å². The summed E-state index contributed by atoms with van der Waals surface area (Å²) < 4.78 is 9.98. The van der Waals surface area contributed by atoms with E-state index in [4.69, 9.17) is 16.3 Å². The number of nitrogens with one attached hydrogen (secondary N) is 2. The molecule has 0 aliphatic carbocycles. The van der Waals surface area contributed by atoms with Gasteiger partial charge >= 0.3 is 0 Å². The van der Waals surface area contributed by atoms with Crippen LogP contribution in [-0.2, 0) is 14.3 Å². The summed E-state index contributed by atoms with van der Waals surface area (Å²) in [6.07, 6.45) is 0.433. The van der Waals surface area contributed by atoms with Crippen molar-refractivity contribution >= 4 is 23.4 Å². The molecule has 0 aliphatic rings. The van der Waals surface area contributed by atoms with E-state index in [1.54, 1.807) is 24.3 Å². The van der Waals surface area contributed by atoms with Gasteiger partial charge < -0.3 is 20.1 Å². The lowest BCUT2D eigenvalue weighted by molar-refractivity contribution is -0.124. The summed E-state index contributed by atoms with van der Waals surface area (Å²) in [6, 6.07) is 6.73. The fraction of sp³-hybridized carbons (Fsp3) is 0.333. The Morgan fingerprint density at radius 1 is 1.18 bits per heavy atom. The van der Waals surface area contributed by atoms with E-state index in [1.807, 2.05) is 0 Å². The fourth-order valence-corrected chi connectivity index (χ4v) is 1.64. The number of carbonyl (C=O) groups excluding carboxylic acids is 2. The Morgan fingerprint density at radius 2 is 1.86 bits per heavy atom. The van der Waals surface area contributed by atoms with E-state index < -0.39 is 0 Å². The van der Waals surface area contributed by atoms with Crippen molar-refractivity contribution in [1.82, 2.24) is 10.6 Å². The molecule has 7 heteroatoms. The number of methoxy groups -OCH3 is 1. The van der Waals surface area contributed by atoms with Gasteiger partial charge in [-0.3, -0.25) is 9.59 Å². The lowest BCUT2D eigenvalue weighted by Gasteiger charge is -2.10. The summed E-state index contributed by atoms with van der Waals surface area (Å²) in [5.41, 5.74) is 0.515. The van der Waals surface area contributed by atoms with E-state index in [0.29, 0.717) is 29.4 Å². The third kappa shape index (κ3) is 7.66. The largest absolute Gasteiger partial charge is 0.484 e. The lowest BCUT2D eigenvalue weighted by Crippen LogP contribution is -2.32. The Labute approximate surface area is 134 Å². The van der Waals surface area contributed by atoms with Gasteiger partial charge in [0.2, 0.25) is 5.91 Å². The van der Waals surface area contributed by atoms with Crippen LogP contribution in [0.1, 0.15) is 6.42 Å². The van der Waals surface area contributed by atoms with E-state index in [-0.39, 0.29) is 25.0 Å². The highest BCUT2D eigenvalue weighted by atomic mass is 35.5. The summed E-state index contributed by atoms with van der Waals surface area (Å²) in [6.45, 7) is 3.93. The predicted molar refractivity (Wildman–Crippen MR) is 83.7 cm³/mol. The quantitative estimate of drug-likeness (QED) is 0.721. The van der Waals surface area contributed by atoms with Crippen molar-refractivity contribution in [3.63, 3.8) is 0 Å². The van der Waals surface area contributed by atoms with Crippen molar-refractivity contribution < 1.29 is 19.1 Å². The van der Waals surface area contributed by atoms with Crippen molar-refractivity contribution in [2.75, 3.05) is 26.9 Å². The van der Waals surface area contributed by atoms with Gasteiger partial charge in [-0.2, -0.15) is 0 Å². The fourth-order valence-electron chi connectivity index (χ4n) is 1.51. The van der Waals surface area contributed by atoms with Gasteiger partial charge in [0.1, 0.15) is 12.4 Å². The van der Waals surface area contributed by atoms with Crippen molar-refractivity contribution in [2.45, 2.75) is 6.42 Å². The van der Waals surface area contributed by atoms with Crippen LogP contribution in [0, 0.1) is 0 Å². The van der Waals surface area contributed by atoms with Gasteiger partial charge in [0.25, 0.3) is 5.91 Å². The minimum Gasteiger partial charge on any atom is -0.484 e. The van der Waals surface area contributed by atoms with Crippen LogP contribution in [0.2, 0.25) is 5.02 Å². The van der Waals surface area contributed by atoms with Gasteiger partial charge in [0.05, 0.1) is 0 Å². The molecule has 0 saturated carbocycles. The minimum absolute atomic E-state index is 0.0275. The Bertz CT molecular complexity index is 517. The smallest absolute Gasteiger partial charge is 0.257 e. The maximum Gasteiger partial charge on any atom is 0.257 e. The van der Waals surface area contributed by atoms with E-state index in [2.05, 4.69) is 21.9 Å². The third-order valence-electron chi connectivity index (χ3n) is 2.52. The summed E-state index contributed by atoms with van der Waals surface area (Å²) in [5, 5.41) is 5.83. The first-order chi connectivity index (χ1) is 10.5. The van der Waals surface area contributed by atoms with E-state index in [9.17, 15) is 9.59 Å². The summed E-state index contributed by atoms with van der Waals surface area (Å²) in [7, 11) is 1.43. The zero-order valence-electron chi connectivity index (χ0n) is 12.4. The van der Waals surface area contributed by atoms with E-state index in [0.717, 1.165) is 0 Å². The molecule has 2 N–H and O–H groups in total. The lowest BCUT2D eigenvalue weighted by atomic mass is 10.3. The average Bonchev–Trinajstić information content (AvgIpc) is 2.46. The maximum absolute atomic E-state index is 11.6. The van der Waals surface area contributed by atoms with Crippen LogP contribution in [0.4, 0.5) is 0 Å². The van der Waals surface area contributed by atoms with Crippen LogP contribution >= 0.6 is 11.6 Å². The molecule has 1 aromatic rings. The van der Waals surface area contributed by atoms with Gasteiger partial charge in [-0.05, 0) is 24.3 Å². The van der Waals surface area contributed by atoms with Crippen molar-refractivity contribution in [1.29, 1.82) is 0 Å². The highest BCUT2D eigenvalue weighted by Gasteiger charge is 2.05. The first-order valence-corrected chi connectivity index (χ1v) is 7.00. The molecule has 0 bridgehead atoms. The van der Waals surface area contributed by atoms with E-state index in [1.165, 1.54) is 7.11 Å². The normalized spacial score (nSPS) is 9.91. The molecule has 22 heavy (non-hydrogen) atoms. The molecule has 0 atom stereocenters.